The number of benzene rings is 1. The van der Waals surface area contributed by atoms with Crippen molar-refractivity contribution >= 4 is 11.3 Å². The van der Waals surface area contributed by atoms with E-state index in [2.05, 4.69) is 43.5 Å². The highest BCUT2D eigenvalue weighted by atomic mass is 32.1. The van der Waals surface area contributed by atoms with Crippen LogP contribution in [-0.4, -0.2) is 6.61 Å². The average molecular weight is 290 g/mol. The van der Waals surface area contributed by atoms with Crippen molar-refractivity contribution in [1.82, 2.24) is 5.43 Å². The van der Waals surface area contributed by atoms with E-state index in [1.807, 2.05) is 12.1 Å². The van der Waals surface area contributed by atoms with Crippen molar-refractivity contribution in [2.24, 2.45) is 5.84 Å². The number of ether oxygens (including phenoxy) is 1. The second-order valence-electron chi connectivity index (χ2n) is 4.67. The number of hydrogen-bond acceptors (Lipinski definition) is 4. The Labute approximate surface area is 124 Å². The highest BCUT2D eigenvalue weighted by Gasteiger charge is 2.14. The molecule has 3 nitrogen and oxygen atoms in total. The number of hydrazine groups is 1. The molecule has 4 heteroatoms. The smallest absolute Gasteiger partial charge is 0.119 e. The first-order chi connectivity index (χ1) is 9.78. The Kier molecular flexibility index (Phi) is 5.59. The van der Waals surface area contributed by atoms with Crippen molar-refractivity contribution in [1.29, 1.82) is 0 Å². The van der Waals surface area contributed by atoms with Crippen LogP contribution in [0.2, 0.25) is 0 Å². The molecule has 0 aliphatic rings. The lowest BCUT2D eigenvalue weighted by molar-refractivity contribution is 0.317. The summed E-state index contributed by atoms with van der Waals surface area (Å²) in [6.07, 6.45) is 2.08. The van der Waals surface area contributed by atoms with Crippen molar-refractivity contribution in [3.8, 4) is 5.75 Å². The summed E-state index contributed by atoms with van der Waals surface area (Å²) < 4.78 is 5.60. The summed E-state index contributed by atoms with van der Waals surface area (Å²) in [5.41, 5.74) is 4.06. The van der Waals surface area contributed by atoms with Crippen LogP contribution in [0.15, 0.2) is 36.4 Å². The minimum atomic E-state index is 0.0422. The molecule has 2 aromatic rings. The summed E-state index contributed by atoms with van der Waals surface area (Å²) in [6, 6.07) is 12.5. The highest BCUT2D eigenvalue weighted by Crippen LogP contribution is 2.29. The lowest BCUT2D eigenvalue weighted by Crippen LogP contribution is -2.28. The molecule has 0 aliphatic heterocycles. The van der Waals surface area contributed by atoms with E-state index in [0.29, 0.717) is 0 Å². The molecule has 0 amide bonds. The van der Waals surface area contributed by atoms with Gasteiger partial charge in [0, 0.05) is 9.75 Å². The molecule has 1 heterocycles. The molecule has 20 heavy (non-hydrogen) atoms. The topological polar surface area (TPSA) is 47.3 Å². The zero-order chi connectivity index (χ0) is 14.4. The van der Waals surface area contributed by atoms with E-state index in [9.17, 15) is 0 Å². The van der Waals surface area contributed by atoms with Gasteiger partial charge in [-0.1, -0.05) is 26.0 Å². The summed E-state index contributed by atoms with van der Waals surface area (Å²) in [4.78, 5) is 2.62. The second kappa shape index (κ2) is 7.43. The lowest BCUT2D eigenvalue weighted by Gasteiger charge is -2.15. The maximum absolute atomic E-state index is 5.73. The summed E-state index contributed by atoms with van der Waals surface area (Å²) in [7, 11) is 0. The third-order valence-corrected chi connectivity index (χ3v) is 4.46. The van der Waals surface area contributed by atoms with Gasteiger partial charge in [0.2, 0.25) is 0 Å². The fourth-order valence-corrected chi connectivity index (χ4v) is 3.10. The largest absolute Gasteiger partial charge is 0.494 e. The van der Waals surface area contributed by atoms with E-state index in [0.717, 1.165) is 30.8 Å². The number of thiophene rings is 1. The molecule has 1 atom stereocenters. The normalized spacial score (nSPS) is 12.3. The van der Waals surface area contributed by atoms with Crippen LogP contribution in [0.4, 0.5) is 0 Å². The second-order valence-corrected chi connectivity index (χ2v) is 5.87. The predicted molar refractivity (Wildman–Crippen MR) is 85.1 cm³/mol. The molecule has 0 radical (unpaired) electrons. The standard InChI is InChI=1S/C16H22N2OS/c1-3-11-19-13-7-5-12(6-8-13)16(18-17)15-10-9-14(4-2)20-15/h5-10,16,18H,3-4,11,17H2,1-2H3. The number of nitrogens with two attached hydrogens (primary N) is 1. The van der Waals surface area contributed by atoms with Crippen molar-refractivity contribution in [3.05, 3.63) is 51.7 Å². The summed E-state index contributed by atoms with van der Waals surface area (Å²) in [5.74, 6) is 6.64. The Balaban J connectivity index is 2.14. The minimum Gasteiger partial charge on any atom is -0.494 e. The molecular formula is C16H22N2OS. The molecule has 3 N–H and O–H groups in total. The molecule has 1 aromatic heterocycles. The van der Waals surface area contributed by atoms with Crippen molar-refractivity contribution in [2.45, 2.75) is 32.7 Å². The number of aryl methyl sites for hydroxylation is 1. The third kappa shape index (κ3) is 3.60. The van der Waals surface area contributed by atoms with Crippen LogP contribution < -0.4 is 16.0 Å². The summed E-state index contributed by atoms with van der Waals surface area (Å²) >= 11 is 1.80. The van der Waals surface area contributed by atoms with E-state index < -0.39 is 0 Å². The quantitative estimate of drug-likeness (QED) is 0.604. The molecule has 0 fully saturated rings. The first-order valence-corrected chi connectivity index (χ1v) is 7.87. The maximum atomic E-state index is 5.73. The van der Waals surface area contributed by atoms with Crippen molar-refractivity contribution in [3.63, 3.8) is 0 Å². The minimum absolute atomic E-state index is 0.0422. The van der Waals surface area contributed by atoms with Gasteiger partial charge in [0.1, 0.15) is 5.75 Å². The van der Waals surface area contributed by atoms with Gasteiger partial charge < -0.3 is 4.74 Å². The van der Waals surface area contributed by atoms with E-state index >= 15 is 0 Å². The van der Waals surface area contributed by atoms with Crippen LogP contribution in [0.1, 0.15) is 41.6 Å². The molecule has 0 aliphatic carbocycles. The average Bonchev–Trinajstić information content (AvgIpc) is 2.96. The van der Waals surface area contributed by atoms with Gasteiger partial charge in [-0.05, 0) is 42.7 Å². The van der Waals surface area contributed by atoms with Crippen LogP contribution in [0.25, 0.3) is 0 Å². The Hall–Kier alpha value is -1.36. The predicted octanol–water partition coefficient (Wildman–Crippen LogP) is 3.65. The van der Waals surface area contributed by atoms with Gasteiger partial charge in [0.25, 0.3) is 0 Å². The monoisotopic (exact) mass is 290 g/mol. The third-order valence-electron chi connectivity index (χ3n) is 3.17. The van der Waals surface area contributed by atoms with Gasteiger partial charge in [-0.3, -0.25) is 5.84 Å². The first-order valence-electron chi connectivity index (χ1n) is 7.06. The highest BCUT2D eigenvalue weighted by molar-refractivity contribution is 7.12. The van der Waals surface area contributed by atoms with Gasteiger partial charge >= 0.3 is 0 Å². The Morgan fingerprint density at radius 1 is 1.15 bits per heavy atom. The number of hydrogen-bond donors (Lipinski definition) is 2. The summed E-state index contributed by atoms with van der Waals surface area (Å²) in [6.45, 7) is 5.02. The zero-order valence-electron chi connectivity index (χ0n) is 12.1. The van der Waals surface area contributed by atoms with E-state index in [1.165, 1.54) is 9.75 Å². The summed E-state index contributed by atoms with van der Waals surface area (Å²) in [5, 5.41) is 0. The molecule has 0 saturated carbocycles. The molecule has 1 aromatic carbocycles. The molecule has 0 saturated heterocycles. The Morgan fingerprint density at radius 3 is 2.45 bits per heavy atom. The van der Waals surface area contributed by atoms with Gasteiger partial charge in [-0.25, -0.2) is 5.43 Å². The lowest BCUT2D eigenvalue weighted by atomic mass is 10.1. The van der Waals surface area contributed by atoms with Crippen molar-refractivity contribution < 1.29 is 4.74 Å². The zero-order valence-corrected chi connectivity index (χ0v) is 12.9. The molecular weight excluding hydrogens is 268 g/mol. The molecule has 0 spiro atoms. The van der Waals surface area contributed by atoms with Gasteiger partial charge in [-0.2, -0.15) is 0 Å². The fraction of sp³-hybridized carbons (Fsp3) is 0.375. The first kappa shape index (κ1) is 15.0. The Bertz CT molecular complexity index is 522. The van der Waals surface area contributed by atoms with Crippen LogP contribution in [0.3, 0.4) is 0 Å². The van der Waals surface area contributed by atoms with Crippen LogP contribution in [0.5, 0.6) is 5.75 Å². The van der Waals surface area contributed by atoms with E-state index in [4.69, 9.17) is 10.6 Å². The van der Waals surface area contributed by atoms with Crippen LogP contribution in [0, 0.1) is 0 Å². The van der Waals surface area contributed by atoms with Gasteiger partial charge in [0.15, 0.2) is 0 Å². The molecule has 0 bridgehead atoms. The molecule has 2 rings (SSSR count). The molecule has 108 valence electrons. The van der Waals surface area contributed by atoms with Crippen LogP contribution >= 0.6 is 11.3 Å². The number of nitrogens with one attached hydrogen (secondary N) is 1. The van der Waals surface area contributed by atoms with Gasteiger partial charge in [0.05, 0.1) is 12.6 Å². The van der Waals surface area contributed by atoms with E-state index in [-0.39, 0.29) is 6.04 Å². The SMILES string of the molecule is CCCOc1ccc(C(NN)c2ccc(CC)s2)cc1. The fourth-order valence-electron chi connectivity index (χ4n) is 2.06. The van der Waals surface area contributed by atoms with E-state index in [1.54, 1.807) is 11.3 Å². The maximum Gasteiger partial charge on any atom is 0.119 e. The molecule has 1 unspecified atom stereocenters. The Morgan fingerprint density at radius 2 is 1.90 bits per heavy atom. The van der Waals surface area contributed by atoms with Crippen molar-refractivity contribution in [2.75, 3.05) is 6.61 Å². The number of rotatable bonds is 7. The van der Waals surface area contributed by atoms with Gasteiger partial charge in [-0.15, -0.1) is 11.3 Å². The van der Waals surface area contributed by atoms with Crippen LogP contribution in [-0.2, 0) is 6.42 Å².